The summed E-state index contributed by atoms with van der Waals surface area (Å²) in [5.41, 5.74) is 3.75. The highest BCUT2D eigenvalue weighted by molar-refractivity contribution is 6.07. The molecule has 0 aromatic heterocycles. The average Bonchev–Trinajstić information content (AvgIpc) is 3.32. The number of hydrazone groups is 1. The van der Waals surface area contributed by atoms with Gasteiger partial charge in [-0.15, -0.1) is 0 Å². The molecule has 0 radical (unpaired) electrons. The summed E-state index contributed by atoms with van der Waals surface area (Å²) in [5.74, 6) is -2.17. The maximum absolute atomic E-state index is 14.2. The van der Waals surface area contributed by atoms with Crippen LogP contribution >= 0.6 is 0 Å². The number of ether oxygens (including phenoxy) is 4. The van der Waals surface area contributed by atoms with Crippen LogP contribution in [0.3, 0.4) is 0 Å². The molecule has 9 nitrogen and oxygen atoms in total. The number of aliphatic hydroxyl groups is 1. The molecule has 0 aromatic carbocycles. The molecular formula is C36H52N2O7. The number of carbonyl (C=O) groups excluding carboxylic acids is 2. The second kappa shape index (κ2) is 13.6. The molecule has 0 saturated carbocycles. The van der Waals surface area contributed by atoms with Crippen molar-refractivity contribution >= 4 is 17.6 Å². The summed E-state index contributed by atoms with van der Waals surface area (Å²) in [6.45, 7) is 14.2. The molecule has 248 valence electrons. The van der Waals surface area contributed by atoms with E-state index in [4.69, 9.17) is 18.9 Å². The largest absolute Gasteiger partial charge is 0.462 e. The second-order valence-corrected chi connectivity index (χ2v) is 14.2. The fourth-order valence-corrected chi connectivity index (χ4v) is 7.48. The zero-order valence-electron chi connectivity index (χ0n) is 28.0. The molecule has 45 heavy (non-hydrogen) atoms. The Morgan fingerprint density at radius 3 is 2.71 bits per heavy atom. The van der Waals surface area contributed by atoms with Crippen molar-refractivity contribution in [3.8, 4) is 0 Å². The van der Waals surface area contributed by atoms with E-state index in [-0.39, 0.29) is 36.6 Å². The zero-order valence-corrected chi connectivity index (χ0v) is 28.0. The van der Waals surface area contributed by atoms with Crippen LogP contribution in [-0.4, -0.2) is 65.1 Å². The predicted molar refractivity (Wildman–Crippen MR) is 172 cm³/mol. The lowest BCUT2D eigenvalue weighted by Crippen LogP contribution is -2.57. The van der Waals surface area contributed by atoms with Crippen LogP contribution in [0.5, 0.6) is 0 Å². The molecule has 1 amide bonds. The van der Waals surface area contributed by atoms with Crippen molar-refractivity contribution in [2.75, 3.05) is 6.61 Å². The Morgan fingerprint density at radius 1 is 1.20 bits per heavy atom. The minimum Gasteiger partial charge on any atom is -0.462 e. The van der Waals surface area contributed by atoms with Crippen molar-refractivity contribution in [3.05, 3.63) is 47.1 Å². The quantitative estimate of drug-likeness (QED) is 0.235. The molecule has 9 atom stereocenters. The number of rotatable bonds is 3. The van der Waals surface area contributed by atoms with Gasteiger partial charge in [0, 0.05) is 25.2 Å². The van der Waals surface area contributed by atoms with E-state index < -0.39 is 35.5 Å². The summed E-state index contributed by atoms with van der Waals surface area (Å²) in [4.78, 5) is 26.6. The van der Waals surface area contributed by atoms with E-state index in [2.05, 4.69) is 50.4 Å². The first kappa shape index (κ1) is 33.8. The third-order valence-corrected chi connectivity index (χ3v) is 10.2. The fourth-order valence-electron chi connectivity index (χ4n) is 7.48. The van der Waals surface area contributed by atoms with Crippen LogP contribution in [0.2, 0.25) is 0 Å². The number of nitrogens with one attached hydrogen (secondary N) is 1. The van der Waals surface area contributed by atoms with Crippen molar-refractivity contribution in [1.82, 2.24) is 5.43 Å². The first-order chi connectivity index (χ1) is 21.3. The van der Waals surface area contributed by atoms with Gasteiger partial charge in [-0.2, -0.15) is 5.10 Å². The van der Waals surface area contributed by atoms with Crippen LogP contribution < -0.4 is 5.43 Å². The van der Waals surface area contributed by atoms with Gasteiger partial charge in [0.05, 0.1) is 24.5 Å². The highest BCUT2D eigenvalue weighted by Gasteiger charge is 2.59. The third-order valence-electron chi connectivity index (χ3n) is 10.2. The Bertz CT molecular complexity index is 1300. The van der Waals surface area contributed by atoms with Gasteiger partial charge >= 0.3 is 5.97 Å². The number of amides is 1. The summed E-state index contributed by atoms with van der Waals surface area (Å²) in [6, 6.07) is 0. The summed E-state index contributed by atoms with van der Waals surface area (Å²) in [5, 5.41) is 16.9. The van der Waals surface area contributed by atoms with Crippen LogP contribution in [0.15, 0.2) is 52.2 Å². The molecule has 9 heteroatoms. The molecule has 4 heterocycles. The lowest BCUT2D eigenvalue weighted by molar-refractivity contribution is -0.335. The molecule has 4 aliphatic heterocycles. The molecule has 1 aliphatic carbocycles. The summed E-state index contributed by atoms with van der Waals surface area (Å²) in [6.07, 6.45) is 13.6. The maximum atomic E-state index is 14.2. The molecule has 5 rings (SSSR count). The molecule has 5 aliphatic rings. The first-order valence-electron chi connectivity index (χ1n) is 16.8. The smallest absolute Gasteiger partial charge is 0.316 e. The van der Waals surface area contributed by atoms with Crippen molar-refractivity contribution in [3.63, 3.8) is 0 Å². The highest BCUT2D eigenvalue weighted by atomic mass is 16.7. The van der Waals surface area contributed by atoms with E-state index in [1.54, 1.807) is 19.9 Å². The summed E-state index contributed by atoms with van der Waals surface area (Å²) in [7, 11) is 0. The lowest BCUT2D eigenvalue weighted by Gasteiger charge is -2.49. The number of fused-ring (bicyclic) bond motifs is 2. The topological polar surface area (TPSA) is 116 Å². The maximum Gasteiger partial charge on any atom is 0.316 e. The van der Waals surface area contributed by atoms with Gasteiger partial charge < -0.3 is 24.1 Å². The number of hydrogen-bond donors (Lipinski definition) is 2. The van der Waals surface area contributed by atoms with Crippen LogP contribution in [0, 0.1) is 23.7 Å². The van der Waals surface area contributed by atoms with Crippen LogP contribution in [0.25, 0.3) is 0 Å². The number of esters is 1. The SMILES string of the molecule is CC[C@H]1O[C@]2(CC[C@@H]1C)C[C@@H]1C[C@@H](C/C=C(\C)C[C@@H](C)/C=C/C=C3\CO[C@@H]4/C(=N\NC(=O)C(C)C)C(C)=C[C@@H](C(=O)O1)[C@]34O)O2. The second-order valence-electron chi connectivity index (χ2n) is 14.2. The third kappa shape index (κ3) is 7.07. The van der Waals surface area contributed by atoms with Gasteiger partial charge in [-0.05, 0) is 62.5 Å². The van der Waals surface area contributed by atoms with Gasteiger partial charge in [0.15, 0.2) is 5.79 Å². The van der Waals surface area contributed by atoms with Crippen molar-refractivity contribution in [2.45, 2.75) is 129 Å². The Kier molecular flexibility index (Phi) is 10.2. The summed E-state index contributed by atoms with van der Waals surface area (Å²) >= 11 is 0. The molecule has 1 spiro atoms. The number of carbonyl (C=O) groups is 2. The van der Waals surface area contributed by atoms with Crippen molar-refractivity contribution in [1.29, 1.82) is 0 Å². The number of allylic oxidation sites excluding steroid dienone is 4. The van der Waals surface area contributed by atoms with Gasteiger partial charge in [-0.1, -0.05) is 70.6 Å². The lowest BCUT2D eigenvalue weighted by atomic mass is 9.71. The van der Waals surface area contributed by atoms with E-state index in [1.165, 1.54) is 5.57 Å². The monoisotopic (exact) mass is 624 g/mol. The average molecular weight is 625 g/mol. The van der Waals surface area contributed by atoms with E-state index in [0.717, 1.165) is 25.7 Å². The van der Waals surface area contributed by atoms with Crippen LogP contribution in [-0.2, 0) is 28.5 Å². The predicted octanol–water partition coefficient (Wildman–Crippen LogP) is 5.69. The molecular weight excluding hydrogens is 572 g/mol. The number of nitrogens with zero attached hydrogens (tertiary/aromatic N) is 1. The normalized spacial score (nSPS) is 43.0. The fraction of sp³-hybridized carbons (Fsp3) is 0.694. The van der Waals surface area contributed by atoms with Gasteiger partial charge in [0.25, 0.3) is 0 Å². The standard InChI is InChI=1S/C36H52N2O7/c1-8-30-24(6)14-15-35(45-30)19-28-18-27(44-35)13-12-23(5)16-22(4)10-9-11-26-20-42-32-31(37-38-33(39)21(2)3)25(7)17-29(34(40)43-28)36(26,32)41/h9-12,17,21-22,24,27-30,32,41H,8,13-16,18-20H2,1-7H3,(H,38,39)/b10-9+,23-12+,26-11+,37-31-/t22-,24-,27+,28-,29-,30+,32+,35+,36+/m0/s1. The van der Waals surface area contributed by atoms with Crippen molar-refractivity contribution in [2.24, 2.45) is 28.8 Å². The summed E-state index contributed by atoms with van der Waals surface area (Å²) < 4.78 is 25.9. The van der Waals surface area contributed by atoms with Gasteiger partial charge in [-0.3, -0.25) is 9.59 Å². The van der Waals surface area contributed by atoms with Crippen LogP contribution in [0.4, 0.5) is 0 Å². The van der Waals surface area contributed by atoms with Gasteiger partial charge in [-0.25, -0.2) is 5.43 Å². The van der Waals surface area contributed by atoms with E-state index in [0.29, 0.717) is 42.0 Å². The van der Waals surface area contributed by atoms with Crippen LogP contribution in [0.1, 0.15) is 93.4 Å². The highest BCUT2D eigenvalue weighted by Crippen LogP contribution is 2.46. The molecule has 3 saturated heterocycles. The Balaban J connectivity index is 1.53. The molecule has 0 unspecified atom stereocenters. The Hall–Kier alpha value is -2.59. The van der Waals surface area contributed by atoms with E-state index in [1.807, 2.05) is 19.1 Å². The minimum absolute atomic E-state index is 0.0826. The van der Waals surface area contributed by atoms with Crippen molar-refractivity contribution < 1.29 is 33.6 Å². The Morgan fingerprint density at radius 2 is 1.98 bits per heavy atom. The molecule has 2 N–H and O–H groups in total. The minimum atomic E-state index is -1.73. The molecule has 3 fully saturated rings. The van der Waals surface area contributed by atoms with E-state index >= 15 is 0 Å². The number of hydrogen-bond acceptors (Lipinski definition) is 8. The zero-order chi connectivity index (χ0) is 32.5. The molecule has 2 bridgehead atoms. The van der Waals surface area contributed by atoms with Gasteiger partial charge in [0.2, 0.25) is 5.91 Å². The van der Waals surface area contributed by atoms with E-state index in [9.17, 15) is 14.7 Å². The molecule has 0 aromatic rings. The Labute approximate surface area is 268 Å². The van der Waals surface area contributed by atoms with Gasteiger partial charge in [0.1, 0.15) is 23.7 Å². The first-order valence-corrected chi connectivity index (χ1v) is 16.8.